The van der Waals surface area contributed by atoms with E-state index >= 15 is 0 Å². The van der Waals surface area contributed by atoms with Crippen LogP contribution in [0.1, 0.15) is 41.9 Å². The number of nitrogens with zero attached hydrogens (tertiary/aromatic N) is 8. The Hall–Kier alpha value is -4.68. The topological polar surface area (TPSA) is 136 Å². The van der Waals surface area contributed by atoms with Crippen LogP contribution < -0.4 is 4.90 Å². The molecule has 39 heavy (non-hydrogen) atoms. The van der Waals surface area contributed by atoms with Crippen molar-refractivity contribution >= 4 is 23.3 Å². The number of hydrogen-bond acceptors (Lipinski definition) is 9. The molecule has 1 fully saturated rings. The molecule has 6 rings (SSSR count). The summed E-state index contributed by atoms with van der Waals surface area (Å²) >= 11 is 1.30. The van der Waals surface area contributed by atoms with Gasteiger partial charge in [-0.05, 0) is 57.4 Å². The first-order valence-corrected chi connectivity index (χ1v) is 13.1. The second-order valence-corrected chi connectivity index (χ2v) is 10.1. The minimum atomic E-state index is -0.467. The first-order chi connectivity index (χ1) is 19.0. The summed E-state index contributed by atoms with van der Waals surface area (Å²) in [5, 5.41) is 33.7. The summed E-state index contributed by atoms with van der Waals surface area (Å²) in [6, 6.07) is 10.8. The highest BCUT2D eigenvalue weighted by molar-refractivity contribution is 7.99. The third-order valence-electron chi connectivity index (χ3n) is 6.26. The highest BCUT2D eigenvalue weighted by atomic mass is 32.2. The lowest BCUT2D eigenvalue weighted by Crippen LogP contribution is -2.29. The molecular weight excluding hydrogens is 517 g/mol. The van der Waals surface area contributed by atoms with Crippen LogP contribution in [-0.2, 0) is 0 Å². The van der Waals surface area contributed by atoms with Crippen molar-refractivity contribution in [3.05, 3.63) is 71.3 Å². The van der Waals surface area contributed by atoms with Crippen LogP contribution >= 0.6 is 11.8 Å². The number of fused-ring (bicyclic) bond motifs is 1. The highest BCUT2D eigenvalue weighted by Crippen LogP contribution is 2.37. The molecule has 1 saturated heterocycles. The van der Waals surface area contributed by atoms with Gasteiger partial charge >= 0.3 is 6.01 Å². The number of aryl methyl sites for hydroxylation is 2. The number of benzene rings is 1. The predicted molar refractivity (Wildman–Crippen MR) is 143 cm³/mol. The van der Waals surface area contributed by atoms with Gasteiger partial charge in [0.25, 0.3) is 0 Å². The van der Waals surface area contributed by atoms with Gasteiger partial charge in [-0.15, -0.1) is 0 Å². The van der Waals surface area contributed by atoms with Gasteiger partial charge in [0.2, 0.25) is 0 Å². The number of halogens is 1. The van der Waals surface area contributed by atoms with Crippen LogP contribution in [0.4, 0.5) is 10.4 Å². The SMILES string of the molecule is Cc1[nH]ncc1-c1cc(Sc2ccc(F)cc2C#N)c2c(C#N)cnn2c1.Cc1noc(N2CCCCC2)n1. The van der Waals surface area contributed by atoms with Crippen LogP contribution in [0, 0.1) is 42.3 Å². The van der Waals surface area contributed by atoms with Crippen molar-refractivity contribution in [2.45, 2.75) is 42.9 Å². The van der Waals surface area contributed by atoms with E-state index in [1.807, 2.05) is 32.2 Å². The van der Waals surface area contributed by atoms with Crippen LogP contribution in [0.15, 0.2) is 57.2 Å². The van der Waals surface area contributed by atoms with Crippen molar-refractivity contribution in [2.24, 2.45) is 0 Å². The summed E-state index contributed by atoms with van der Waals surface area (Å²) in [7, 11) is 0. The maximum atomic E-state index is 13.5. The Bertz CT molecular complexity index is 1700. The average molecular weight is 542 g/mol. The minimum Gasteiger partial charge on any atom is -0.324 e. The quantitative estimate of drug-likeness (QED) is 0.316. The van der Waals surface area contributed by atoms with E-state index in [2.05, 4.69) is 36.4 Å². The molecule has 1 N–H and O–H groups in total. The second-order valence-electron chi connectivity index (χ2n) is 8.99. The monoisotopic (exact) mass is 541 g/mol. The second kappa shape index (κ2) is 11.4. The Labute approximate surface area is 228 Å². The van der Waals surface area contributed by atoms with Gasteiger partial charge in [0.1, 0.15) is 18.0 Å². The Morgan fingerprint density at radius 1 is 1.03 bits per heavy atom. The first-order valence-electron chi connectivity index (χ1n) is 12.3. The summed E-state index contributed by atoms with van der Waals surface area (Å²) in [4.78, 5) is 7.68. The maximum Gasteiger partial charge on any atom is 0.324 e. The lowest BCUT2D eigenvalue weighted by molar-refractivity contribution is 0.398. The normalized spacial score (nSPS) is 13.0. The molecule has 4 aromatic heterocycles. The molecule has 5 aromatic rings. The molecule has 0 saturated carbocycles. The maximum absolute atomic E-state index is 13.5. The van der Waals surface area contributed by atoms with Gasteiger partial charge < -0.3 is 9.42 Å². The molecule has 0 radical (unpaired) electrons. The number of aromatic amines is 1. The summed E-state index contributed by atoms with van der Waals surface area (Å²) in [5.41, 5.74) is 3.98. The van der Waals surface area contributed by atoms with Crippen molar-refractivity contribution in [1.29, 1.82) is 10.5 Å². The molecule has 10 nitrogen and oxygen atoms in total. The first kappa shape index (κ1) is 25.9. The Morgan fingerprint density at radius 2 is 1.82 bits per heavy atom. The Morgan fingerprint density at radius 3 is 2.49 bits per heavy atom. The molecule has 1 aliphatic heterocycles. The Kier molecular flexibility index (Phi) is 7.57. The molecule has 1 aliphatic rings. The summed E-state index contributed by atoms with van der Waals surface area (Å²) in [6.07, 6.45) is 8.85. The standard InChI is InChI=1S/C19H11FN6S.C8H13N3O/c1-11-16(9-23-25-11)13-5-18(19-14(7-22)8-24-26(19)10-13)27-17-3-2-15(20)4-12(17)6-21;1-7-9-8(12-10-7)11-5-3-2-4-6-11/h2-5,8-10H,1H3,(H,23,25);2-6H2,1H3. The fraction of sp³-hybridized carbons (Fsp3) is 0.259. The lowest BCUT2D eigenvalue weighted by Gasteiger charge is -2.23. The Balaban J connectivity index is 0.000000214. The number of H-pyrrole nitrogens is 1. The molecule has 0 unspecified atom stereocenters. The number of rotatable bonds is 4. The average Bonchev–Trinajstić information content (AvgIpc) is 3.70. The smallest absolute Gasteiger partial charge is 0.324 e. The molecule has 5 heterocycles. The van der Waals surface area contributed by atoms with Gasteiger partial charge in [0, 0.05) is 45.9 Å². The molecule has 0 spiro atoms. The van der Waals surface area contributed by atoms with Gasteiger partial charge in [-0.3, -0.25) is 5.10 Å². The van der Waals surface area contributed by atoms with E-state index in [-0.39, 0.29) is 5.56 Å². The number of aromatic nitrogens is 6. The van der Waals surface area contributed by atoms with Crippen molar-refractivity contribution in [3.8, 4) is 23.3 Å². The molecule has 0 aliphatic carbocycles. The lowest BCUT2D eigenvalue weighted by atomic mass is 10.1. The third kappa shape index (κ3) is 5.61. The third-order valence-corrected chi connectivity index (χ3v) is 7.37. The molecular formula is C27H24FN9OS. The van der Waals surface area contributed by atoms with E-state index in [1.54, 1.807) is 16.8 Å². The van der Waals surface area contributed by atoms with Crippen LogP contribution in [0.5, 0.6) is 0 Å². The number of anilines is 1. The van der Waals surface area contributed by atoms with Crippen molar-refractivity contribution in [2.75, 3.05) is 18.0 Å². The van der Waals surface area contributed by atoms with Crippen LogP contribution in [0.3, 0.4) is 0 Å². The molecule has 12 heteroatoms. The zero-order valence-electron chi connectivity index (χ0n) is 21.3. The van der Waals surface area contributed by atoms with Crippen LogP contribution in [0.25, 0.3) is 16.6 Å². The zero-order valence-corrected chi connectivity index (χ0v) is 22.2. The van der Waals surface area contributed by atoms with E-state index in [0.29, 0.717) is 22.0 Å². The molecule has 0 bridgehead atoms. The minimum absolute atomic E-state index is 0.237. The number of hydrogen-bond donors (Lipinski definition) is 1. The van der Waals surface area contributed by atoms with Gasteiger partial charge in [-0.1, -0.05) is 16.9 Å². The van der Waals surface area contributed by atoms with Crippen molar-refractivity contribution in [3.63, 3.8) is 0 Å². The fourth-order valence-electron chi connectivity index (χ4n) is 4.33. The van der Waals surface area contributed by atoms with E-state index in [0.717, 1.165) is 40.6 Å². The number of nitriles is 2. The van der Waals surface area contributed by atoms with E-state index in [1.165, 1.54) is 49.4 Å². The molecule has 0 amide bonds. The summed E-state index contributed by atoms with van der Waals surface area (Å²) in [5.74, 6) is 0.251. The fourth-order valence-corrected chi connectivity index (χ4v) is 5.40. The zero-order chi connectivity index (χ0) is 27.4. The highest BCUT2D eigenvalue weighted by Gasteiger charge is 2.17. The number of pyridine rings is 1. The van der Waals surface area contributed by atoms with E-state index < -0.39 is 5.82 Å². The van der Waals surface area contributed by atoms with Gasteiger partial charge in [0.15, 0.2) is 5.82 Å². The number of nitrogens with one attached hydrogen (secondary N) is 1. The van der Waals surface area contributed by atoms with Crippen LogP contribution in [0.2, 0.25) is 0 Å². The summed E-state index contributed by atoms with van der Waals surface area (Å²) in [6.45, 7) is 5.87. The largest absolute Gasteiger partial charge is 0.324 e. The van der Waals surface area contributed by atoms with E-state index in [4.69, 9.17) is 4.52 Å². The van der Waals surface area contributed by atoms with Crippen molar-refractivity contribution < 1.29 is 8.91 Å². The van der Waals surface area contributed by atoms with Crippen molar-refractivity contribution in [1.82, 2.24) is 30.0 Å². The van der Waals surface area contributed by atoms with Gasteiger partial charge in [-0.2, -0.15) is 25.7 Å². The molecule has 0 atom stereocenters. The van der Waals surface area contributed by atoms with Gasteiger partial charge in [-0.25, -0.2) is 8.91 Å². The number of piperidine rings is 1. The molecule has 196 valence electrons. The predicted octanol–water partition coefficient (Wildman–Crippen LogP) is 5.43. The summed E-state index contributed by atoms with van der Waals surface area (Å²) < 4.78 is 20.2. The molecule has 1 aromatic carbocycles. The van der Waals surface area contributed by atoms with Crippen LogP contribution in [-0.4, -0.2) is 43.0 Å². The van der Waals surface area contributed by atoms with E-state index in [9.17, 15) is 14.9 Å². The van der Waals surface area contributed by atoms with Gasteiger partial charge in [0.05, 0.1) is 29.0 Å².